The van der Waals surface area contributed by atoms with E-state index in [4.69, 9.17) is 4.74 Å². The average Bonchev–Trinajstić information content (AvgIpc) is 2.37. The number of benzene rings is 1. The molecule has 0 radical (unpaired) electrons. The van der Waals surface area contributed by atoms with Crippen LogP contribution in [-0.4, -0.2) is 31.6 Å². The Kier molecular flexibility index (Phi) is 3.79. The molecule has 1 aliphatic rings. The van der Waals surface area contributed by atoms with Crippen LogP contribution < -0.4 is 0 Å². The van der Waals surface area contributed by atoms with Gasteiger partial charge in [0.15, 0.2) is 0 Å². The Morgan fingerprint density at radius 1 is 1.47 bits per heavy atom. The van der Waals surface area contributed by atoms with Crippen LogP contribution >= 0.6 is 0 Å². The van der Waals surface area contributed by atoms with Crippen molar-refractivity contribution in [3.63, 3.8) is 0 Å². The fourth-order valence-corrected chi connectivity index (χ4v) is 2.56. The standard InChI is InChI=1S/C14H19NO2/c1-15(10-14(16)17-2)13-9-5-7-11-6-3-4-8-12(11)13/h3-4,6,8,13H,5,7,9-10H2,1-2H3. The van der Waals surface area contributed by atoms with Gasteiger partial charge < -0.3 is 4.74 Å². The van der Waals surface area contributed by atoms with Crippen molar-refractivity contribution >= 4 is 5.97 Å². The highest BCUT2D eigenvalue weighted by Crippen LogP contribution is 2.33. The van der Waals surface area contributed by atoms with Crippen molar-refractivity contribution in [1.29, 1.82) is 0 Å². The van der Waals surface area contributed by atoms with Crippen molar-refractivity contribution in [1.82, 2.24) is 4.90 Å². The fraction of sp³-hybridized carbons (Fsp3) is 0.500. The summed E-state index contributed by atoms with van der Waals surface area (Å²) in [6.45, 7) is 0.357. The SMILES string of the molecule is COC(=O)CN(C)C1CCCc2ccccc21. The molecule has 0 N–H and O–H groups in total. The van der Waals surface area contributed by atoms with E-state index in [2.05, 4.69) is 29.2 Å². The van der Waals surface area contributed by atoms with Gasteiger partial charge in [0.25, 0.3) is 0 Å². The summed E-state index contributed by atoms with van der Waals surface area (Å²) in [7, 11) is 3.43. The molecule has 0 fully saturated rings. The van der Waals surface area contributed by atoms with E-state index >= 15 is 0 Å². The molecule has 0 saturated heterocycles. The molecule has 0 bridgehead atoms. The Morgan fingerprint density at radius 3 is 3.00 bits per heavy atom. The molecule has 1 aliphatic carbocycles. The molecule has 92 valence electrons. The number of methoxy groups -OCH3 is 1. The minimum Gasteiger partial charge on any atom is -0.468 e. The molecule has 3 nitrogen and oxygen atoms in total. The summed E-state index contributed by atoms with van der Waals surface area (Å²) in [5.74, 6) is -0.171. The molecular weight excluding hydrogens is 214 g/mol. The van der Waals surface area contributed by atoms with Crippen molar-refractivity contribution in [3.8, 4) is 0 Å². The predicted octanol–water partition coefficient (Wildman–Crippen LogP) is 2.17. The summed E-state index contributed by atoms with van der Waals surface area (Å²) < 4.78 is 4.72. The van der Waals surface area contributed by atoms with Gasteiger partial charge in [-0.2, -0.15) is 0 Å². The lowest BCUT2D eigenvalue weighted by Gasteiger charge is -2.32. The zero-order valence-corrected chi connectivity index (χ0v) is 10.5. The number of ether oxygens (including phenoxy) is 1. The van der Waals surface area contributed by atoms with Crippen molar-refractivity contribution in [2.24, 2.45) is 0 Å². The molecule has 1 unspecified atom stereocenters. The maximum atomic E-state index is 11.3. The third-order valence-electron chi connectivity index (χ3n) is 3.48. The highest BCUT2D eigenvalue weighted by Gasteiger charge is 2.24. The van der Waals surface area contributed by atoms with Gasteiger partial charge in [0.2, 0.25) is 0 Å². The quantitative estimate of drug-likeness (QED) is 0.749. The summed E-state index contributed by atoms with van der Waals surface area (Å²) in [4.78, 5) is 13.4. The van der Waals surface area contributed by atoms with Crippen molar-refractivity contribution in [2.45, 2.75) is 25.3 Å². The lowest BCUT2D eigenvalue weighted by molar-refractivity contribution is -0.142. The number of hydrogen-bond acceptors (Lipinski definition) is 3. The van der Waals surface area contributed by atoms with Gasteiger partial charge in [0.1, 0.15) is 0 Å². The van der Waals surface area contributed by atoms with Gasteiger partial charge in [-0.15, -0.1) is 0 Å². The zero-order valence-electron chi connectivity index (χ0n) is 10.5. The van der Waals surface area contributed by atoms with E-state index in [1.54, 1.807) is 0 Å². The Hall–Kier alpha value is -1.35. The summed E-state index contributed by atoms with van der Waals surface area (Å²) >= 11 is 0. The minimum atomic E-state index is -0.171. The number of aryl methyl sites for hydroxylation is 1. The van der Waals surface area contributed by atoms with Crippen LogP contribution in [0.1, 0.15) is 30.0 Å². The third-order valence-corrected chi connectivity index (χ3v) is 3.48. The largest absolute Gasteiger partial charge is 0.468 e. The molecule has 0 aromatic heterocycles. The predicted molar refractivity (Wildman–Crippen MR) is 66.8 cm³/mol. The first-order valence-corrected chi connectivity index (χ1v) is 6.07. The number of hydrogen-bond donors (Lipinski definition) is 0. The first-order valence-electron chi connectivity index (χ1n) is 6.07. The lowest BCUT2D eigenvalue weighted by atomic mass is 9.87. The van der Waals surface area contributed by atoms with Gasteiger partial charge in [0, 0.05) is 6.04 Å². The number of nitrogens with zero attached hydrogens (tertiary/aromatic N) is 1. The van der Waals surface area contributed by atoms with E-state index in [0.717, 1.165) is 12.8 Å². The van der Waals surface area contributed by atoms with E-state index in [0.29, 0.717) is 12.6 Å². The second-order valence-electron chi connectivity index (χ2n) is 4.60. The minimum absolute atomic E-state index is 0.171. The van der Waals surface area contributed by atoms with E-state index in [-0.39, 0.29) is 5.97 Å². The fourth-order valence-electron chi connectivity index (χ4n) is 2.56. The number of esters is 1. The molecule has 0 aliphatic heterocycles. The van der Waals surface area contributed by atoms with Gasteiger partial charge in [0.05, 0.1) is 13.7 Å². The number of carbonyl (C=O) groups excluding carboxylic acids is 1. The van der Waals surface area contributed by atoms with Crippen LogP contribution in [0.2, 0.25) is 0 Å². The number of carbonyl (C=O) groups is 1. The second-order valence-corrected chi connectivity index (χ2v) is 4.60. The topological polar surface area (TPSA) is 29.5 Å². The molecule has 0 spiro atoms. The Bertz CT molecular complexity index is 403. The molecule has 3 heteroatoms. The van der Waals surface area contributed by atoms with Gasteiger partial charge in [-0.3, -0.25) is 9.69 Å². The second kappa shape index (κ2) is 5.32. The first-order chi connectivity index (χ1) is 8.22. The monoisotopic (exact) mass is 233 g/mol. The Balaban J connectivity index is 2.15. The van der Waals surface area contributed by atoms with Crippen LogP contribution in [-0.2, 0) is 16.0 Å². The number of rotatable bonds is 3. The normalized spacial score (nSPS) is 18.9. The first kappa shape index (κ1) is 12.1. The average molecular weight is 233 g/mol. The molecule has 1 atom stereocenters. The molecule has 0 heterocycles. The van der Waals surface area contributed by atoms with Gasteiger partial charge in [-0.25, -0.2) is 0 Å². The molecule has 1 aromatic rings. The van der Waals surface area contributed by atoms with Crippen LogP contribution in [0.4, 0.5) is 0 Å². The van der Waals surface area contributed by atoms with E-state index in [1.165, 1.54) is 24.7 Å². The van der Waals surface area contributed by atoms with Crippen LogP contribution in [0.15, 0.2) is 24.3 Å². The highest BCUT2D eigenvalue weighted by atomic mass is 16.5. The van der Waals surface area contributed by atoms with E-state index in [9.17, 15) is 4.79 Å². The van der Waals surface area contributed by atoms with Crippen LogP contribution in [0.5, 0.6) is 0 Å². The summed E-state index contributed by atoms with van der Waals surface area (Å²) in [5.41, 5.74) is 2.78. The smallest absolute Gasteiger partial charge is 0.319 e. The maximum Gasteiger partial charge on any atom is 0.319 e. The van der Waals surface area contributed by atoms with Crippen molar-refractivity contribution < 1.29 is 9.53 Å². The number of likely N-dealkylation sites (N-methyl/N-ethyl adjacent to an activating group) is 1. The molecule has 0 amide bonds. The van der Waals surface area contributed by atoms with Crippen LogP contribution in [0.3, 0.4) is 0 Å². The van der Waals surface area contributed by atoms with E-state index in [1.807, 2.05) is 7.05 Å². The number of fused-ring (bicyclic) bond motifs is 1. The van der Waals surface area contributed by atoms with Gasteiger partial charge >= 0.3 is 5.97 Å². The maximum absolute atomic E-state index is 11.3. The third kappa shape index (κ3) is 2.67. The lowest BCUT2D eigenvalue weighted by Crippen LogP contribution is -2.32. The van der Waals surface area contributed by atoms with E-state index < -0.39 is 0 Å². The Morgan fingerprint density at radius 2 is 2.24 bits per heavy atom. The highest BCUT2D eigenvalue weighted by molar-refractivity contribution is 5.71. The summed E-state index contributed by atoms with van der Waals surface area (Å²) in [5, 5.41) is 0. The van der Waals surface area contributed by atoms with Gasteiger partial charge in [-0.05, 0) is 37.4 Å². The molecule has 2 rings (SSSR count). The summed E-state index contributed by atoms with van der Waals surface area (Å²) in [6, 6.07) is 8.87. The molecule has 1 aromatic carbocycles. The van der Waals surface area contributed by atoms with Crippen molar-refractivity contribution in [2.75, 3.05) is 20.7 Å². The molecular formula is C14H19NO2. The van der Waals surface area contributed by atoms with Crippen LogP contribution in [0.25, 0.3) is 0 Å². The molecule has 0 saturated carbocycles. The van der Waals surface area contributed by atoms with Crippen molar-refractivity contribution in [3.05, 3.63) is 35.4 Å². The molecule has 17 heavy (non-hydrogen) atoms. The van der Waals surface area contributed by atoms with Gasteiger partial charge in [-0.1, -0.05) is 24.3 Å². The zero-order chi connectivity index (χ0) is 12.3. The van der Waals surface area contributed by atoms with Crippen LogP contribution in [0, 0.1) is 0 Å². The summed E-state index contributed by atoms with van der Waals surface area (Å²) in [6.07, 6.45) is 3.45. The Labute approximate surface area is 102 Å².